The molecule has 16 heavy (non-hydrogen) atoms. The van der Waals surface area contributed by atoms with Crippen molar-refractivity contribution in [1.29, 1.82) is 0 Å². The minimum atomic E-state index is -1.26. The van der Waals surface area contributed by atoms with E-state index in [2.05, 4.69) is 5.32 Å². The molecule has 3 N–H and O–H groups in total. The van der Waals surface area contributed by atoms with Gasteiger partial charge in [-0.1, -0.05) is 0 Å². The van der Waals surface area contributed by atoms with Crippen LogP contribution in [0.3, 0.4) is 0 Å². The van der Waals surface area contributed by atoms with Gasteiger partial charge in [0.05, 0.1) is 6.10 Å². The van der Waals surface area contributed by atoms with E-state index in [0.29, 0.717) is 12.5 Å². The number of aliphatic hydroxyl groups is 1. The van der Waals surface area contributed by atoms with Crippen LogP contribution in [-0.2, 0) is 4.79 Å². The Balaban J connectivity index is 2.43. The molecule has 0 aromatic rings. The van der Waals surface area contributed by atoms with Crippen molar-refractivity contribution in [1.82, 2.24) is 10.2 Å². The second kappa shape index (κ2) is 5.16. The molecule has 1 saturated carbocycles. The lowest BCUT2D eigenvalue weighted by Crippen LogP contribution is -2.51. The van der Waals surface area contributed by atoms with Gasteiger partial charge in [0.2, 0.25) is 0 Å². The molecule has 92 valence electrons. The highest BCUT2D eigenvalue weighted by atomic mass is 16.4. The number of nitrogens with zero attached hydrogens (tertiary/aromatic N) is 1. The van der Waals surface area contributed by atoms with Gasteiger partial charge in [-0.25, -0.2) is 9.59 Å². The summed E-state index contributed by atoms with van der Waals surface area (Å²) in [6.45, 7) is 1.97. The highest BCUT2D eigenvalue weighted by molar-refractivity contribution is 5.82. The summed E-state index contributed by atoms with van der Waals surface area (Å²) in [5.41, 5.74) is 0. The Hall–Kier alpha value is -1.30. The summed E-state index contributed by atoms with van der Waals surface area (Å²) in [5.74, 6) is -0.686. The first-order valence-corrected chi connectivity index (χ1v) is 5.34. The number of amides is 2. The van der Waals surface area contributed by atoms with Crippen LogP contribution >= 0.6 is 0 Å². The van der Waals surface area contributed by atoms with Gasteiger partial charge in [0.25, 0.3) is 0 Å². The van der Waals surface area contributed by atoms with Crippen molar-refractivity contribution in [2.75, 3.05) is 13.6 Å². The number of hydrogen-bond donors (Lipinski definition) is 3. The molecule has 0 heterocycles. The number of nitrogens with one attached hydrogen (secondary N) is 1. The second-order valence-corrected chi connectivity index (χ2v) is 4.33. The van der Waals surface area contributed by atoms with Crippen LogP contribution in [0.2, 0.25) is 0 Å². The predicted octanol–water partition coefficient (Wildman–Crippen LogP) is -0.128. The van der Waals surface area contributed by atoms with E-state index in [1.165, 1.54) is 11.8 Å². The van der Waals surface area contributed by atoms with Crippen LogP contribution in [0.25, 0.3) is 0 Å². The first-order valence-electron chi connectivity index (χ1n) is 5.34. The summed E-state index contributed by atoms with van der Waals surface area (Å²) in [4.78, 5) is 23.8. The van der Waals surface area contributed by atoms with Crippen molar-refractivity contribution < 1.29 is 19.8 Å². The number of rotatable bonds is 5. The monoisotopic (exact) mass is 230 g/mol. The zero-order valence-electron chi connectivity index (χ0n) is 9.51. The average molecular weight is 230 g/mol. The summed E-state index contributed by atoms with van der Waals surface area (Å²) in [7, 11) is 1.62. The van der Waals surface area contributed by atoms with Crippen LogP contribution in [0.15, 0.2) is 0 Å². The quantitative estimate of drug-likeness (QED) is 0.613. The Labute approximate surface area is 94.2 Å². The minimum Gasteiger partial charge on any atom is -0.480 e. The number of aliphatic carboxylic acids is 1. The van der Waals surface area contributed by atoms with E-state index in [9.17, 15) is 14.7 Å². The first kappa shape index (κ1) is 12.8. The maximum atomic E-state index is 11.6. The normalized spacial score (nSPS) is 18.7. The van der Waals surface area contributed by atoms with Crippen molar-refractivity contribution in [3.05, 3.63) is 0 Å². The fraction of sp³-hybridized carbons (Fsp3) is 0.800. The Morgan fingerprint density at radius 2 is 2.06 bits per heavy atom. The Morgan fingerprint density at radius 3 is 2.44 bits per heavy atom. The van der Waals surface area contributed by atoms with Gasteiger partial charge in [0.15, 0.2) is 6.04 Å². The zero-order chi connectivity index (χ0) is 12.3. The fourth-order valence-electron chi connectivity index (χ4n) is 1.40. The van der Waals surface area contributed by atoms with Crippen LogP contribution in [-0.4, -0.2) is 52.9 Å². The number of urea groups is 1. The number of carboxylic acid groups (broad SMARTS) is 1. The molecule has 1 fully saturated rings. The minimum absolute atomic E-state index is 0.458. The fourth-order valence-corrected chi connectivity index (χ4v) is 1.40. The van der Waals surface area contributed by atoms with Gasteiger partial charge in [0, 0.05) is 13.6 Å². The van der Waals surface area contributed by atoms with Crippen molar-refractivity contribution in [2.45, 2.75) is 31.9 Å². The van der Waals surface area contributed by atoms with E-state index >= 15 is 0 Å². The molecule has 1 rings (SSSR count). The predicted molar refractivity (Wildman–Crippen MR) is 57.0 cm³/mol. The van der Waals surface area contributed by atoms with Gasteiger partial charge >= 0.3 is 12.0 Å². The highest BCUT2D eigenvalue weighted by Gasteiger charge is 2.29. The summed E-state index contributed by atoms with van der Waals surface area (Å²) >= 11 is 0. The van der Waals surface area contributed by atoms with Crippen molar-refractivity contribution in [3.8, 4) is 0 Å². The lowest BCUT2D eigenvalue weighted by Gasteiger charge is -2.22. The second-order valence-electron chi connectivity index (χ2n) is 4.33. The molecule has 2 atom stereocenters. The molecule has 0 aromatic carbocycles. The lowest BCUT2D eigenvalue weighted by atomic mass is 10.2. The van der Waals surface area contributed by atoms with Gasteiger partial charge in [-0.15, -0.1) is 0 Å². The van der Waals surface area contributed by atoms with Crippen molar-refractivity contribution in [2.24, 2.45) is 5.92 Å². The molecule has 0 spiro atoms. The molecule has 6 heteroatoms. The van der Waals surface area contributed by atoms with E-state index < -0.39 is 24.1 Å². The lowest BCUT2D eigenvalue weighted by molar-refractivity contribution is -0.141. The van der Waals surface area contributed by atoms with E-state index in [-0.39, 0.29) is 0 Å². The number of carbonyl (C=O) groups is 2. The Bertz CT molecular complexity index is 276. The molecule has 0 aromatic heterocycles. The summed E-state index contributed by atoms with van der Waals surface area (Å²) < 4.78 is 0. The number of hydrogen-bond acceptors (Lipinski definition) is 3. The molecular weight excluding hydrogens is 212 g/mol. The van der Waals surface area contributed by atoms with Crippen molar-refractivity contribution in [3.63, 3.8) is 0 Å². The maximum Gasteiger partial charge on any atom is 0.328 e. The molecule has 1 aliphatic carbocycles. The van der Waals surface area contributed by atoms with Crippen LogP contribution in [0.4, 0.5) is 4.79 Å². The third-order valence-corrected chi connectivity index (χ3v) is 2.60. The number of aliphatic hydroxyl groups excluding tert-OH is 1. The Kier molecular flexibility index (Phi) is 4.12. The topological polar surface area (TPSA) is 89.9 Å². The highest BCUT2D eigenvalue weighted by Crippen LogP contribution is 2.29. The van der Waals surface area contributed by atoms with Gasteiger partial charge in [-0.2, -0.15) is 0 Å². The zero-order valence-corrected chi connectivity index (χ0v) is 9.51. The third-order valence-electron chi connectivity index (χ3n) is 2.60. The maximum absolute atomic E-state index is 11.6. The molecule has 6 nitrogen and oxygen atoms in total. The standard InChI is InChI=1S/C10H18N2O4/c1-6(13)8(9(14)15)11-10(16)12(2)5-7-3-4-7/h6-8,13H,3-5H2,1-2H3,(H,11,16)(H,14,15)/t6-,8+/m1/s1. The van der Waals surface area contributed by atoms with E-state index in [1.807, 2.05) is 0 Å². The summed E-state index contributed by atoms with van der Waals surface area (Å²) in [5, 5.41) is 20.3. The summed E-state index contributed by atoms with van der Waals surface area (Å²) in [6.07, 6.45) is 1.13. The SMILES string of the molecule is C[C@@H](O)[C@H](NC(=O)N(C)CC1CC1)C(=O)O. The molecule has 0 unspecified atom stereocenters. The Morgan fingerprint density at radius 1 is 1.50 bits per heavy atom. The molecular formula is C10H18N2O4. The molecule has 0 aliphatic heterocycles. The van der Waals surface area contributed by atoms with Gasteiger partial charge < -0.3 is 20.4 Å². The molecule has 1 aliphatic rings. The smallest absolute Gasteiger partial charge is 0.328 e. The van der Waals surface area contributed by atoms with Gasteiger partial charge in [0.1, 0.15) is 0 Å². The summed E-state index contributed by atoms with van der Waals surface area (Å²) in [6, 6.07) is -1.71. The molecule has 2 amide bonds. The number of carboxylic acids is 1. The third kappa shape index (κ3) is 3.69. The van der Waals surface area contributed by atoms with Crippen LogP contribution in [0.5, 0.6) is 0 Å². The molecule has 0 radical (unpaired) electrons. The van der Waals surface area contributed by atoms with Gasteiger partial charge in [-0.3, -0.25) is 0 Å². The largest absolute Gasteiger partial charge is 0.480 e. The van der Waals surface area contributed by atoms with Crippen molar-refractivity contribution >= 4 is 12.0 Å². The van der Waals surface area contributed by atoms with Crippen LogP contribution in [0, 0.1) is 5.92 Å². The van der Waals surface area contributed by atoms with Crippen LogP contribution < -0.4 is 5.32 Å². The molecule has 0 bridgehead atoms. The molecule has 0 saturated heterocycles. The van der Waals surface area contributed by atoms with E-state index in [4.69, 9.17) is 5.11 Å². The number of carbonyl (C=O) groups excluding carboxylic acids is 1. The van der Waals surface area contributed by atoms with Crippen LogP contribution in [0.1, 0.15) is 19.8 Å². The first-order chi connectivity index (χ1) is 7.41. The van der Waals surface area contributed by atoms with E-state index in [0.717, 1.165) is 12.8 Å². The average Bonchev–Trinajstić information content (AvgIpc) is 2.96. The van der Waals surface area contributed by atoms with E-state index in [1.54, 1.807) is 7.05 Å². The van der Waals surface area contributed by atoms with Gasteiger partial charge in [-0.05, 0) is 25.7 Å².